The summed E-state index contributed by atoms with van der Waals surface area (Å²) in [5.41, 5.74) is 0.977. The first-order valence-corrected chi connectivity index (χ1v) is 6.72. The predicted molar refractivity (Wildman–Crippen MR) is 73.1 cm³/mol. The normalized spacial score (nSPS) is 18.2. The minimum absolute atomic E-state index is 0.235. The molecule has 0 bridgehead atoms. The Morgan fingerprint density at radius 2 is 2.00 bits per heavy atom. The summed E-state index contributed by atoms with van der Waals surface area (Å²) in [5, 5.41) is 10.1. The van der Waals surface area contributed by atoms with Crippen molar-refractivity contribution < 1.29 is 9.84 Å². The Morgan fingerprint density at radius 3 is 2.56 bits per heavy atom. The lowest BCUT2D eigenvalue weighted by Gasteiger charge is -2.31. The zero-order valence-corrected chi connectivity index (χ0v) is 11.5. The molecule has 0 amide bonds. The third-order valence-corrected chi connectivity index (χ3v) is 4.20. The van der Waals surface area contributed by atoms with Crippen molar-refractivity contribution >= 4 is 0 Å². The Hall–Kier alpha value is -1.22. The highest BCUT2D eigenvalue weighted by atomic mass is 16.5. The van der Waals surface area contributed by atoms with Gasteiger partial charge in [-0.1, -0.05) is 18.9 Å². The number of methoxy groups -OCH3 is 1. The Morgan fingerprint density at radius 1 is 1.33 bits per heavy atom. The molecule has 1 saturated carbocycles. The van der Waals surface area contributed by atoms with E-state index in [1.807, 2.05) is 12.1 Å². The van der Waals surface area contributed by atoms with Crippen LogP contribution in [-0.2, 0) is 0 Å². The minimum atomic E-state index is 0.235. The van der Waals surface area contributed by atoms with E-state index in [2.05, 4.69) is 18.9 Å². The highest BCUT2D eigenvalue weighted by molar-refractivity contribution is 5.41. The molecular formula is C15H23NO2. The lowest BCUT2D eigenvalue weighted by atomic mass is 10.0. The van der Waals surface area contributed by atoms with Crippen molar-refractivity contribution in [2.75, 3.05) is 14.2 Å². The van der Waals surface area contributed by atoms with E-state index in [1.54, 1.807) is 13.2 Å². The molecule has 0 aliphatic heterocycles. The number of hydrogen-bond acceptors (Lipinski definition) is 3. The SMILES string of the molecule is COc1ccc(C(C)N(C)C2CCCC2)c(O)c1. The molecule has 0 saturated heterocycles. The van der Waals surface area contributed by atoms with Gasteiger partial charge in [-0.15, -0.1) is 0 Å². The van der Waals surface area contributed by atoms with Crippen molar-refractivity contribution in [1.82, 2.24) is 4.90 Å². The van der Waals surface area contributed by atoms with Gasteiger partial charge in [-0.25, -0.2) is 0 Å². The molecule has 3 nitrogen and oxygen atoms in total. The number of aromatic hydroxyl groups is 1. The van der Waals surface area contributed by atoms with E-state index in [1.165, 1.54) is 25.7 Å². The number of hydrogen-bond donors (Lipinski definition) is 1. The molecule has 1 atom stereocenters. The van der Waals surface area contributed by atoms with Crippen molar-refractivity contribution in [2.24, 2.45) is 0 Å². The molecule has 2 rings (SSSR count). The van der Waals surface area contributed by atoms with Crippen LogP contribution < -0.4 is 4.74 Å². The fourth-order valence-electron chi connectivity index (χ4n) is 2.85. The Labute approximate surface area is 109 Å². The van der Waals surface area contributed by atoms with Crippen LogP contribution in [0.4, 0.5) is 0 Å². The molecule has 0 spiro atoms. The van der Waals surface area contributed by atoms with Gasteiger partial charge >= 0.3 is 0 Å². The average molecular weight is 249 g/mol. The lowest BCUT2D eigenvalue weighted by molar-refractivity contribution is 0.184. The monoisotopic (exact) mass is 249 g/mol. The molecule has 1 N–H and O–H groups in total. The molecule has 100 valence electrons. The standard InChI is InChI=1S/C15H23NO2/c1-11(16(2)12-6-4-5-7-12)14-9-8-13(18-3)10-15(14)17/h8-12,17H,4-7H2,1-3H3. The van der Waals surface area contributed by atoms with Crippen LogP contribution in [0.25, 0.3) is 0 Å². The third kappa shape index (κ3) is 2.61. The van der Waals surface area contributed by atoms with E-state index in [0.717, 1.165) is 5.56 Å². The Bertz CT molecular complexity index is 399. The zero-order valence-electron chi connectivity index (χ0n) is 11.5. The topological polar surface area (TPSA) is 32.7 Å². The van der Waals surface area contributed by atoms with E-state index in [-0.39, 0.29) is 6.04 Å². The smallest absolute Gasteiger partial charge is 0.124 e. The van der Waals surface area contributed by atoms with Crippen LogP contribution in [-0.4, -0.2) is 30.2 Å². The van der Waals surface area contributed by atoms with Crippen LogP contribution in [0.3, 0.4) is 0 Å². The highest BCUT2D eigenvalue weighted by Gasteiger charge is 2.25. The molecule has 1 aromatic carbocycles. The third-order valence-electron chi connectivity index (χ3n) is 4.20. The van der Waals surface area contributed by atoms with Crippen LogP contribution in [0, 0.1) is 0 Å². The van der Waals surface area contributed by atoms with Gasteiger partial charge in [0, 0.05) is 23.7 Å². The maximum atomic E-state index is 10.1. The number of nitrogens with zero attached hydrogens (tertiary/aromatic N) is 1. The first-order chi connectivity index (χ1) is 8.63. The molecule has 1 aliphatic rings. The first kappa shape index (κ1) is 13.2. The van der Waals surface area contributed by atoms with Crippen molar-refractivity contribution in [2.45, 2.75) is 44.7 Å². The van der Waals surface area contributed by atoms with Crippen molar-refractivity contribution in [3.63, 3.8) is 0 Å². The summed E-state index contributed by atoms with van der Waals surface area (Å²) < 4.78 is 5.12. The van der Waals surface area contributed by atoms with Gasteiger partial charge in [0.25, 0.3) is 0 Å². The fraction of sp³-hybridized carbons (Fsp3) is 0.600. The van der Waals surface area contributed by atoms with Crippen LogP contribution in [0.2, 0.25) is 0 Å². The molecule has 0 aromatic heterocycles. The molecule has 1 unspecified atom stereocenters. The van der Waals surface area contributed by atoms with Gasteiger partial charge in [0.15, 0.2) is 0 Å². The zero-order chi connectivity index (χ0) is 13.1. The van der Waals surface area contributed by atoms with Gasteiger partial charge in [-0.05, 0) is 32.9 Å². The quantitative estimate of drug-likeness (QED) is 0.888. The van der Waals surface area contributed by atoms with Crippen LogP contribution in [0.5, 0.6) is 11.5 Å². The maximum absolute atomic E-state index is 10.1. The first-order valence-electron chi connectivity index (χ1n) is 6.72. The summed E-state index contributed by atoms with van der Waals surface area (Å²) in [6.45, 7) is 2.15. The van der Waals surface area contributed by atoms with Crippen LogP contribution in [0.1, 0.15) is 44.2 Å². The second kappa shape index (κ2) is 5.61. The maximum Gasteiger partial charge on any atom is 0.124 e. The molecule has 1 aliphatic carbocycles. The summed E-state index contributed by atoms with van der Waals surface area (Å²) in [6, 6.07) is 6.45. The second-order valence-corrected chi connectivity index (χ2v) is 5.20. The summed E-state index contributed by atoms with van der Waals surface area (Å²) in [7, 11) is 3.77. The number of rotatable bonds is 4. The summed E-state index contributed by atoms with van der Waals surface area (Å²) >= 11 is 0. The molecule has 18 heavy (non-hydrogen) atoms. The van der Waals surface area contributed by atoms with Gasteiger partial charge in [0.05, 0.1) is 7.11 Å². The van der Waals surface area contributed by atoms with Gasteiger partial charge in [0.1, 0.15) is 11.5 Å². The number of ether oxygens (including phenoxy) is 1. The van der Waals surface area contributed by atoms with Gasteiger partial charge < -0.3 is 9.84 Å². The minimum Gasteiger partial charge on any atom is -0.507 e. The van der Waals surface area contributed by atoms with Crippen LogP contribution >= 0.6 is 0 Å². The molecule has 0 radical (unpaired) electrons. The van der Waals surface area contributed by atoms with E-state index in [4.69, 9.17) is 4.74 Å². The largest absolute Gasteiger partial charge is 0.507 e. The lowest BCUT2D eigenvalue weighted by Crippen LogP contribution is -2.31. The van der Waals surface area contributed by atoms with Crippen molar-refractivity contribution in [3.8, 4) is 11.5 Å². The molecule has 1 fully saturated rings. The molecular weight excluding hydrogens is 226 g/mol. The number of benzene rings is 1. The predicted octanol–water partition coefficient (Wildman–Crippen LogP) is 3.34. The Balaban J connectivity index is 2.14. The van der Waals surface area contributed by atoms with E-state index < -0.39 is 0 Å². The molecule has 1 aromatic rings. The summed E-state index contributed by atoms with van der Waals surface area (Å²) in [5.74, 6) is 1.03. The van der Waals surface area contributed by atoms with Crippen molar-refractivity contribution in [1.29, 1.82) is 0 Å². The van der Waals surface area contributed by atoms with Gasteiger partial charge in [-0.2, -0.15) is 0 Å². The number of phenols is 1. The summed E-state index contributed by atoms with van der Waals surface area (Å²) in [6.07, 6.45) is 5.21. The van der Waals surface area contributed by atoms with Gasteiger partial charge in [-0.3, -0.25) is 4.90 Å². The fourth-order valence-corrected chi connectivity index (χ4v) is 2.85. The molecule has 3 heteroatoms. The second-order valence-electron chi connectivity index (χ2n) is 5.20. The highest BCUT2D eigenvalue weighted by Crippen LogP contribution is 2.34. The average Bonchev–Trinajstić information content (AvgIpc) is 2.90. The van der Waals surface area contributed by atoms with Crippen molar-refractivity contribution in [3.05, 3.63) is 23.8 Å². The Kier molecular flexibility index (Phi) is 4.12. The summed E-state index contributed by atoms with van der Waals surface area (Å²) in [4.78, 5) is 2.38. The number of phenolic OH excluding ortho intramolecular Hbond substituents is 1. The van der Waals surface area contributed by atoms with Gasteiger partial charge in [0.2, 0.25) is 0 Å². The molecule has 0 heterocycles. The van der Waals surface area contributed by atoms with E-state index in [0.29, 0.717) is 17.5 Å². The van der Waals surface area contributed by atoms with E-state index >= 15 is 0 Å². The van der Waals surface area contributed by atoms with E-state index in [9.17, 15) is 5.11 Å². The van der Waals surface area contributed by atoms with Crippen LogP contribution in [0.15, 0.2) is 18.2 Å².